The molecule has 2 fully saturated rings. The van der Waals surface area contributed by atoms with E-state index in [2.05, 4.69) is 4.98 Å². The molecule has 2 saturated heterocycles. The molecule has 0 saturated carbocycles. The number of carbonyl (C=O) groups is 2. The van der Waals surface area contributed by atoms with Gasteiger partial charge in [0.05, 0.1) is 0 Å². The zero-order valence-corrected chi connectivity index (χ0v) is 14.6. The Kier molecular flexibility index (Phi) is 4.26. The quantitative estimate of drug-likeness (QED) is 0.920. The van der Waals surface area contributed by atoms with Gasteiger partial charge >= 0.3 is 0 Å². The van der Waals surface area contributed by atoms with E-state index in [0.29, 0.717) is 31.7 Å². The molecule has 5 nitrogen and oxygen atoms in total. The molecule has 4 rings (SSSR count). The summed E-state index contributed by atoms with van der Waals surface area (Å²) >= 11 is 0. The summed E-state index contributed by atoms with van der Waals surface area (Å²) in [7, 11) is 0. The molecule has 2 amide bonds. The lowest BCUT2D eigenvalue weighted by Crippen LogP contribution is -2.53. The van der Waals surface area contributed by atoms with Crippen LogP contribution in [0, 0.1) is 5.82 Å². The van der Waals surface area contributed by atoms with Crippen LogP contribution in [0.15, 0.2) is 42.6 Å². The van der Waals surface area contributed by atoms with Crippen molar-refractivity contribution in [3.05, 3.63) is 59.7 Å². The van der Waals surface area contributed by atoms with Gasteiger partial charge in [-0.1, -0.05) is 12.1 Å². The van der Waals surface area contributed by atoms with Crippen LogP contribution in [-0.4, -0.2) is 45.2 Å². The number of carbonyl (C=O) groups excluding carboxylic acids is 2. The third-order valence-electron chi connectivity index (χ3n) is 5.72. The van der Waals surface area contributed by atoms with Crippen molar-refractivity contribution in [3.8, 4) is 0 Å². The molecule has 1 N–H and O–H groups in total. The number of hydrogen-bond donors (Lipinski definition) is 1. The largest absolute Gasteiger partial charge is 0.357 e. The minimum absolute atomic E-state index is 0.00542. The maximum Gasteiger partial charge on any atom is 0.270 e. The van der Waals surface area contributed by atoms with Gasteiger partial charge in [0.2, 0.25) is 5.91 Å². The van der Waals surface area contributed by atoms with Crippen molar-refractivity contribution in [1.82, 2.24) is 14.8 Å². The second-order valence-electron chi connectivity index (χ2n) is 7.21. The molecule has 0 bridgehead atoms. The lowest BCUT2D eigenvalue weighted by atomic mass is 9.84. The summed E-state index contributed by atoms with van der Waals surface area (Å²) in [6.07, 6.45) is 4.61. The van der Waals surface area contributed by atoms with Crippen molar-refractivity contribution >= 4 is 11.8 Å². The summed E-state index contributed by atoms with van der Waals surface area (Å²) in [5, 5.41) is 0. The van der Waals surface area contributed by atoms with E-state index in [4.69, 9.17) is 0 Å². The second-order valence-corrected chi connectivity index (χ2v) is 7.21. The number of likely N-dealkylation sites (tertiary alicyclic amines) is 2. The zero-order chi connectivity index (χ0) is 18.1. The van der Waals surface area contributed by atoms with Crippen LogP contribution in [-0.2, 0) is 11.3 Å². The number of hydrogen-bond acceptors (Lipinski definition) is 2. The lowest BCUT2D eigenvalue weighted by Gasteiger charge is -2.45. The molecule has 0 radical (unpaired) electrons. The van der Waals surface area contributed by atoms with Crippen molar-refractivity contribution < 1.29 is 14.0 Å². The number of aromatic nitrogens is 1. The SMILES string of the molecule is O=C(c1ccc[nH]1)N1CCC2(CCC(=O)N2Cc2cccc(F)c2)CC1. The van der Waals surface area contributed by atoms with Crippen LogP contribution in [0.1, 0.15) is 41.7 Å². The Morgan fingerprint density at radius 1 is 1.15 bits per heavy atom. The van der Waals surface area contributed by atoms with Gasteiger partial charge in [0.1, 0.15) is 11.5 Å². The van der Waals surface area contributed by atoms with Crippen molar-refractivity contribution in [2.24, 2.45) is 0 Å². The van der Waals surface area contributed by atoms with E-state index in [1.165, 1.54) is 12.1 Å². The number of H-pyrrole nitrogens is 1. The average Bonchev–Trinajstić information content (AvgIpc) is 3.27. The van der Waals surface area contributed by atoms with Crippen LogP contribution in [0.4, 0.5) is 4.39 Å². The van der Waals surface area contributed by atoms with Gasteiger partial charge in [-0.15, -0.1) is 0 Å². The standard InChI is InChI=1S/C20H22FN3O2/c21-16-4-1-3-15(13-16)14-24-18(25)6-7-20(24)8-11-23(12-9-20)19(26)17-5-2-10-22-17/h1-5,10,13,22H,6-9,11-12,14H2. The zero-order valence-electron chi connectivity index (χ0n) is 14.6. The van der Waals surface area contributed by atoms with E-state index in [-0.39, 0.29) is 23.2 Å². The van der Waals surface area contributed by atoms with Crippen LogP contribution in [0.2, 0.25) is 0 Å². The Morgan fingerprint density at radius 3 is 2.65 bits per heavy atom. The van der Waals surface area contributed by atoms with Gasteiger partial charge in [-0.2, -0.15) is 0 Å². The van der Waals surface area contributed by atoms with Crippen molar-refractivity contribution in [3.63, 3.8) is 0 Å². The Bertz CT molecular complexity index is 810. The molecule has 136 valence electrons. The fourth-order valence-electron chi connectivity index (χ4n) is 4.23. The van der Waals surface area contributed by atoms with E-state index in [9.17, 15) is 14.0 Å². The summed E-state index contributed by atoms with van der Waals surface area (Å²) in [6, 6.07) is 10.0. The minimum atomic E-state index is -0.283. The third-order valence-corrected chi connectivity index (χ3v) is 5.72. The van der Waals surface area contributed by atoms with E-state index >= 15 is 0 Å². The number of benzene rings is 1. The van der Waals surface area contributed by atoms with Crippen LogP contribution in [0.3, 0.4) is 0 Å². The lowest BCUT2D eigenvalue weighted by molar-refractivity contribution is -0.133. The van der Waals surface area contributed by atoms with Crippen molar-refractivity contribution in [2.45, 2.75) is 37.8 Å². The molecule has 2 aliphatic heterocycles. The Balaban J connectivity index is 1.47. The second kappa shape index (κ2) is 6.59. The predicted molar refractivity (Wildman–Crippen MR) is 94.8 cm³/mol. The summed E-state index contributed by atoms with van der Waals surface area (Å²) in [5.41, 5.74) is 1.19. The topological polar surface area (TPSA) is 56.4 Å². The van der Waals surface area contributed by atoms with E-state index in [1.807, 2.05) is 21.9 Å². The first kappa shape index (κ1) is 16.8. The third kappa shape index (κ3) is 3.00. The molecule has 26 heavy (non-hydrogen) atoms. The molecule has 0 atom stereocenters. The van der Waals surface area contributed by atoms with E-state index in [1.54, 1.807) is 18.3 Å². The van der Waals surface area contributed by atoms with E-state index in [0.717, 1.165) is 24.8 Å². The van der Waals surface area contributed by atoms with Gasteiger partial charge in [0, 0.05) is 37.8 Å². The van der Waals surface area contributed by atoms with Crippen LogP contribution in [0.25, 0.3) is 0 Å². The van der Waals surface area contributed by atoms with Gasteiger partial charge in [-0.3, -0.25) is 9.59 Å². The summed E-state index contributed by atoms with van der Waals surface area (Å²) in [4.78, 5) is 31.7. The van der Waals surface area contributed by atoms with Gasteiger partial charge in [-0.25, -0.2) is 4.39 Å². The average molecular weight is 355 g/mol. The number of nitrogens with zero attached hydrogens (tertiary/aromatic N) is 2. The monoisotopic (exact) mass is 355 g/mol. The number of amides is 2. The molecule has 2 aliphatic rings. The van der Waals surface area contributed by atoms with Crippen LogP contribution >= 0.6 is 0 Å². The highest BCUT2D eigenvalue weighted by Crippen LogP contribution is 2.40. The highest BCUT2D eigenvalue weighted by Gasteiger charge is 2.47. The first-order valence-electron chi connectivity index (χ1n) is 9.05. The summed E-state index contributed by atoms with van der Waals surface area (Å²) in [5.74, 6) is -0.154. The van der Waals surface area contributed by atoms with Gasteiger partial charge in [0.25, 0.3) is 5.91 Å². The maximum atomic E-state index is 13.5. The number of aromatic amines is 1. The van der Waals surface area contributed by atoms with Crippen molar-refractivity contribution in [1.29, 1.82) is 0 Å². The smallest absolute Gasteiger partial charge is 0.270 e. The first-order chi connectivity index (χ1) is 12.6. The molecule has 6 heteroatoms. The fourth-order valence-corrected chi connectivity index (χ4v) is 4.23. The normalized spacial score (nSPS) is 19.3. The van der Waals surface area contributed by atoms with Gasteiger partial charge in [-0.05, 0) is 49.1 Å². The van der Waals surface area contributed by atoms with Crippen LogP contribution in [0.5, 0.6) is 0 Å². The molecule has 0 unspecified atom stereocenters. The molecule has 0 aliphatic carbocycles. The molecule has 1 aromatic heterocycles. The molecule has 1 spiro atoms. The first-order valence-corrected chi connectivity index (χ1v) is 9.05. The molecule has 2 aromatic rings. The number of halogens is 1. The van der Waals surface area contributed by atoms with E-state index < -0.39 is 0 Å². The Morgan fingerprint density at radius 2 is 1.96 bits per heavy atom. The Hall–Kier alpha value is -2.63. The van der Waals surface area contributed by atoms with Gasteiger partial charge in [0.15, 0.2) is 0 Å². The summed E-state index contributed by atoms with van der Waals surface area (Å²) in [6.45, 7) is 1.69. The molecule has 1 aromatic carbocycles. The highest BCUT2D eigenvalue weighted by molar-refractivity contribution is 5.92. The van der Waals surface area contributed by atoms with Gasteiger partial charge < -0.3 is 14.8 Å². The van der Waals surface area contributed by atoms with Crippen LogP contribution < -0.4 is 0 Å². The van der Waals surface area contributed by atoms with Crippen molar-refractivity contribution in [2.75, 3.05) is 13.1 Å². The highest BCUT2D eigenvalue weighted by atomic mass is 19.1. The Labute approximate surface area is 151 Å². The fraction of sp³-hybridized carbons (Fsp3) is 0.400. The minimum Gasteiger partial charge on any atom is -0.357 e. The molecular formula is C20H22FN3O2. The maximum absolute atomic E-state index is 13.5. The summed E-state index contributed by atoms with van der Waals surface area (Å²) < 4.78 is 13.5. The molecular weight excluding hydrogens is 333 g/mol. The number of nitrogens with one attached hydrogen (secondary N) is 1. The number of rotatable bonds is 3. The predicted octanol–water partition coefficient (Wildman–Crippen LogP) is 2.95. The number of piperidine rings is 1. The molecule has 3 heterocycles.